The van der Waals surface area contributed by atoms with Crippen LogP contribution in [0.1, 0.15) is 74.3 Å². The number of ether oxygens (including phenoxy) is 5. The number of hydrogen-bond donors (Lipinski definition) is 2. The summed E-state index contributed by atoms with van der Waals surface area (Å²) in [4.78, 5) is 48.6. The lowest BCUT2D eigenvalue weighted by atomic mass is 10.00. The van der Waals surface area contributed by atoms with Gasteiger partial charge in [0.05, 0.1) is 0 Å². The summed E-state index contributed by atoms with van der Waals surface area (Å²) in [6, 6.07) is 3.74. The summed E-state index contributed by atoms with van der Waals surface area (Å²) >= 11 is 0. The van der Waals surface area contributed by atoms with E-state index in [-0.39, 0.29) is 24.0 Å². The van der Waals surface area contributed by atoms with Gasteiger partial charge in [-0.15, -0.1) is 0 Å². The first-order chi connectivity index (χ1) is 16.4. The van der Waals surface area contributed by atoms with Crippen molar-refractivity contribution < 1.29 is 48.0 Å². The number of esters is 1. The molecule has 1 rings (SSSR count). The zero-order chi connectivity index (χ0) is 27.9. The molecule has 0 aliphatic carbocycles. The molecule has 0 radical (unpaired) electrons. The van der Waals surface area contributed by atoms with E-state index in [0.29, 0.717) is 12.0 Å². The zero-order valence-electron chi connectivity index (χ0n) is 22.3. The van der Waals surface area contributed by atoms with Gasteiger partial charge >= 0.3 is 24.2 Å². The van der Waals surface area contributed by atoms with Crippen molar-refractivity contribution in [1.82, 2.24) is 5.32 Å². The highest BCUT2D eigenvalue weighted by Crippen LogP contribution is 2.32. The topological polar surface area (TPSA) is 147 Å². The van der Waals surface area contributed by atoms with Gasteiger partial charge in [0.25, 0.3) is 5.72 Å². The van der Waals surface area contributed by atoms with Crippen LogP contribution >= 0.6 is 0 Å². The predicted octanol–water partition coefficient (Wildman–Crippen LogP) is 4.59. The summed E-state index contributed by atoms with van der Waals surface area (Å²) in [5, 5.41) is 12.8. The van der Waals surface area contributed by atoms with Crippen molar-refractivity contribution in [2.75, 3.05) is 0 Å². The normalized spacial score (nSPS) is 14.1. The Balaban J connectivity index is 3.45. The summed E-state index contributed by atoms with van der Waals surface area (Å²) in [5.41, 5.74) is -3.51. The average molecular weight is 512 g/mol. The summed E-state index contributed by atoms with van der Waals surface area (Å²) in [6.07, 6.45) is -1.88. The van der Waals surface area contributed by atoms with Crippen LogP contribution in [0.2, 0.25) is 0 Å². The van der Waals surface area contributed by atoms with Gasteiger partial charge in [-0.1, -0.05) is 13.0 Å². The Bertz CT molecular complexity index is 961. The van der Waals surface area contributed by atoms with E-state index in [4.69, 9.17) is 23.7 Å². The molecule has 0 saturated carbocycles. The molecule has 11 heteroatoms. The number of hydrogen-bond acceptors (Lipinski definition) is 10. The summed E-state index contributed by atoms with van der Waals surface area (Å²) < 4.78 is 26.0. The fourth-order valence-electron chi connectivity index (χ4n) is 2.88. The van der Waals surface area contributed by atoms with E-state index >= 15 is 0 Å². The van der Waals surface area contributed by atoms with Crippen molar-refractivity contribution in [2.24, 2.45) is 0 Å². The Morgan fingerprint density at radius 2 is 1.39 bits per heavy atom. The van der Waals surface area contributed by atoms with Crippen LogP contribution < -0.4 is 14.8 Å². The SMILES string of the molecule is CCC(C)N[C@@](Cc1ccc(OC(=O)OC(C)(C)C)c(OC(=O)OC(C)(C)C)c1)(OC(C)=O)C(=O)O. The number of benzene rings is 1. The van der Waals surface area contributed by atoms with Crippen molar-refractivity contribution >= 4 is 24.2 Å². The van der Waals surface area contributed by atoms with Gasteiger partial charge in [-0.3, -0.25) is 10.1 Å². The number of rotatable bonds is 9. The highest BCUT2D eigenvalue weighted by Gasteiger charge is 2.43. The van der Waals surface area contributed by atoms with Crippen molar-refractivity contribution in [2.45, 2.75) is 98.1 Å². The Morgan fingerprint density at radius 3 is 1.81 bits per heavy atom. The number of carbonyl (C=O) groups is 4. The van der Waals surface area contributed by atoms with Gasteiger partial charge in [-0.25, -0.2) is 14.4 Å². The standard InChI is InChI=1S/C25H37NO10/c1-10-15(2)26-25(20(28)29,34-16(3)27)14-17-11-12-18(32-21(30)35-23(4,5)6)19(13-17)33-22(31)36-24(7,8)9/h11-13,15,26H,10,14H2,1-9H3,(H,28,29)/t15?,25-/m0/s1. The number of carboxylic acid groups (broad SMARTS) is 1. The van der Waals surface area contributed by atoms with E-state index in [0.717, 1.165) is 6.92 Å². The molecule has 2 atom stereocenters. The van der Waals surface area contributed by atoms with Crippen molar-refractivity contribution in [3.8, 4) is 11.5 Å². The highest BCUT2D eigenvalue weighted by atomic mass is 16.8. The first-order valence-corrected chi connectivity index (χ1v) is 11.5. The summed E-state index contributed by atoms with van der Waals surface area (Å²) in [6.45, 7) is 14.6. The Labute approximate surface area is 211 Å². The molecular weight excluding hydrogens is 474 g/mol. The van der Waals surface area contributed by atoms with Gasteiger partial charge in [0.2, 0.25) is 0 Å². The van der Waals surface area contributed by atoms with E-state index in [9.17, 15) is 24.3 Å². The summed E-state index contributed by atoms with van der Waals surface area (Å²) in [5.74, 6) is -2.61. The van der Waals surface area contributed by atoms with Crippen LogP contribution in [-0.4, -0.2) is 52.3 Å². The molecule has 36 heavy (non-hydrogen) atoms. The maximum Gasteiger partial charge on any atom is 0.514 e. The molecule has 202 valence electrons. The smallest absolute Gasteiger partial charge is 0.477 e. The molecule has 2 N–H and O–H groups in total. The minimum atomic E-state index is -2.10. The van der Waals surface area contributed by atoms with E-state index in [1.807, 2.05) is 6.92 Å². The maximum absolute atomic E-state index is 12.3. The fraction of sp³-hybridized carbons (Fsp3) is 0.600. The third-order valence-corrected chi connectivity index (χ3v) is 4.38. The first-order valence-electron chi connectivity index (χ1n) is 11.5. The van der Waals surface area contributed by atoms with Gasteiger partial charge in [0.1, 0.15) is 11.2 Å². The number of nitrogens with one attached hydrogen (secondary N) is 1. The molecule has 1 unspecified atom stereocenters. The molecule has 0 bridgehead atoms. The molecule has 0 amide bonds. The molecule has 1 aromatic carbocycles. The Hall–Kier alpha value is -3.34. The van der Waals surface area contributed by atoms with Gasteiger partial charge in [0.15, 0.2) is 11.5 Å². The zero-order valence-corrected chi connectivity index (χ0v) is 22.3. The lowest BCUT2D eigenvalue weighted by Crippen LogP contribution is -2.59. The van der Waals surface area contributed by atoms with Gasteiger partial charge in [0, 0.05) is 19.4 Å². The maximum atomic E-state index is 12.3. The van der Waals surface area contributed by atoms with Crippen LogP contribution in [0.5, 0.6) is 11.5 Å². The molecule has 0 aliphatic heterocycles. The minimum absolute atomic E-state index is 0.165. The van der Waals surface area contributed by atoms with E-state index < -0.39 is 41.2 Å². The Kier molecular flexibility index (Phi) is 10.3. The molecule has 1 aromatic rings. The molecule has 0 aliphatic rings. The van der Waals surface area contributed by atoms with Crippen LogP contribution in [0.3, 0.4) is 0 Å². The van der Waals surface area contributed by atoms with Crippen LogP contribution in [0.15, 0.2) is 18.2 Å². The second-order valence-electron chi connectivity index (χ2n) is 10.3. The van der Waals surface area contributed by atoms with Gasteiger partial charge in [-0.2, -0.15) is 0 Å². The monoisotopic (exact) mass is 511 g/mol. The van der Waals surface area contributed by atoms with Crippen molar-refractivity contribution in [3.63, 3.8) is 0 Å². The van der Waals surface area contributed by atoms with Crippen LogP contribution in [-0.2, 0) is 30.2 Å². The van der Waals surface area contributed by atoms with Crippen molar-refractivity contribution in [1.29, 1.82) is 0 Å². The van der Waals surface area contributed by atoms with Crippen LogP contribution in [0, 0.1) is 0 Å². The summed E-state index contributed by atoms with van der Waals surface area (Å²) in [7, 11) is 0. The third-order valence-electron chi connectivity index (χ3n) is 4.38. The predicted molar refractivity (Wildman–Crippen MR) is 129 cm³/mol. The molecule has 0 fully saturated rings. The first kappa shape index (κ1) is 30.7. The lowest BCUT2D eigenvalue weighted by Gasteiger charge is -2.32. The molecule has 0 spiro atoms. The van der Waals surface area contributed by atoms with Gasteiger partial charge in [-0.05, 0) is 72.6 Å². The van der Waals surface area contributed by atoms with E-state index in [1.165, 1.54) is 18.2 Å². The van der Waals surface area contributed by atoms with Crippen LogP contribution in [0.4, 0.5) is 9.59 Å². The second-order valence-corrected chi connectivity index (χ2v) is 10.3. The lowest BCUT2D eigenvalue weighted by molar-refractivity contribution is -0.183. The molecule has 11 nitrogen and oxygen atoms in total. The molecule has 0 heterocycles. The highest BCUT2D eigenvalue weighted by molar-refractivity contribution is 5.81. The van der Waals surface area contributed by atoms with Crippen molar-refractivity contribution in [3.05, 3.63) is 23.8 Å². The average Bonchev–Trinajstić information content (AvgIpc) is 2.66. The number of aliphatic carboxylic acids is 1. The molecule has 0 aromatic heterocycles. The molecular formula is C25H37NO10. The largest absolute Gasteiger partial charge is 0.514 e. The number of carbonyl (C=O) groups excluding carboxylic acids is 3. The third kappa shape index (κ3) is 10.5. The minimum Gasteiger partial charge on any atom is -0.477 e. The van der Waals surface area contributed by atoms with Gasteiger partial charge < -0.3 is 28.8 Å². The van der Waals surface area contributed by atoms with Crippen LogP contribution in [0.25, 0.3) is 0 Å². The Morgan fingerprint density at radius 1 is 0.889 bits per heavy atom. The fourth-order valence-corrected chi connectivity index (χ4v) is 2.88. The number of carboxylic acids is 1. The quantitative estimate of drug-likeness (QED) is 0.208. The second kappa shape index (κ2) is 12.1. The van der Waals surface area contributed by atoms with E-state index in [2.05, 4.69) is 5.32 Å². The van der Waals surface area contributed by atoms with E-state index in [1.54, 1.807) is 48.5 Å². The molecule has 0 saturated heterocycles.